The second-order valence-electron chi connectivity index (χ2n) is 7.71. The molecule has 0 aliphatic carbocycles. The van der Waals surface area contributed by atoms with Gasteiger partial charge in [0.25, 0.3) is 10.0 Å². The molecule has 192 valence electrons. The predicted molar refractivity (Wildman–Crippen MR) is 125 cm³/mol. The SMILES string of the molecule is CCN(CCC(=O)O)c1cccc(S(=O)(=O)Nc2ccc(C(F)(F)F)c(-c3cc(F)ccc3C)n2)n1. The van der Waals surface area contributed by atoms with Gasteiger partial charge in [-0.25, -0.2) is 14.4 Å². The average molecular weight is 527 g/mol. The van der Waals surface area contributed by atoms with E-state index in [-0.39, 0.29) is 24.3 Å². The van der Waals surface area contributed by atoms with E-state index in [2.05, 4.69) is 14.7 Å². The van der Waals surface area contributed by atoms with Crippen molar-refractivity contribution < 1.29 is 35.9 Å². The number of nitrogens with zero attached hydrogens (tertiary/aromatic N) is 3. The predicted octanol–water partition coefficient (Wildman–Crippen LogP) is 4.71. The molecule has 0 amide bonds. The van der Waals surface area contributed by atoms with Crippen LogP contribution in [-0.2, 0) is 21.0 Å². The van der Waals surface area contributed by atoms with Crippen molar-refractivity contribution in [3.05, 3.63) is 65.5 Å². The van der Waals surface area contributed by atoms with Gasteiger partial charge in [-0.1, -0.05) is 12.1 Å². The van der Waals surface area contributed by atoms with E-state index in [4.69, 9.17) is 5.11 Å². The van der Waals surface area contributed by atoms with Gasteiger partial charge in [-0.2, -0.15) is 21.6 Å². The Bertz CT molecular complexity index is 1380. The first-order chi connectivity index (χ1) is 16.8. The topological polar surface area (TPSA) is 112 Å². The minimum Gasteiger partial charge on any atom is -0.481 e. The Hall–Kier alpha value is -3.74. The third-order valence-corrected chi connectivity index (χ3v) is 6.44. The zero-order chi connectivity index (χ0) is 26.7. The molecule has 3 aromatic rings. The first kappa shape index (κ1) is 26.9. The number of nitrogens with one attached hydrogen (secondary N) is 1. The lowest BCUT2D eigenvalue weighted by Crippen LogP contribution is -2.27. The molecular formula is C23H22F4N4O4S. The maximum atomic E-state index is 13.8. The second-order valence-corrected chi connectivity index (χ2v) is 9.34. The van der Waals surface area contributed by atoms with Gasteiger partial charge >= 0.3 is 12.1 Å². The van der Waals surface area contributed by atoms with E-state index in [1.165, 1.54) is 31.2 Å². The number of rotatable bonds is 9. The van der Waals surface area contributed by atoms with E-state index < -0.39 is 50.1 Å². The molecule has 3 rings (SSSR count). The van der Waals surface area contributed by atoms with Crippen molar-refractivity contribution in [2.45, 2.75) is 31.5 Å². The van der Waals surface area contributed by atoms with Gasteiger partial charge in [-0.05, 0) is 55.8 Å². The van der Waals surface area contributed by atoms with Crippen LogP contribution in [0.5, 0.6) is 0 Å². The summed E-state index contributed by atoms with van der Waals surface area (Å²) in [6.07, 6.45) is -5.02. The molecule has 0 bridgehead atoms. The molecule has 2 N–H and O–H groups in total. The van der Waals surface area contributed by atoms with Crippen molar-refractivity contribution in [2.75, 3.05) is 22.7 Å². The normalized spacial score (nSPS) is 11.8. The minimum absolute atomic E-state index is 0.0899. The van der Waals surface area contributed by atoms with Gasteiger partial charge in [0.05, 0.1) is 17.7 Å². The fourth-order valence-electron chi connectivity index (χ4n) is 3.38. The van der Waals surface area contributed by atoms with Crippen LogP contribution in [0.1, 0.15) is 24.5 Å². The number of hydrogen-bond donors (Lipinski definition) is 2. The van der Waals surface area contributed by atoms with Crippen LogP contribution in [0.15, 0.2) is 53.6 Å². The fourth-order valence-corrected chi connectivity index (χ4v) is 4.35. The number of carbonyl (C=O) groups is 1. The molecule has 2 heterocycles. The number of alkyl halides is 3. The maximum Gasteiger partial charge on any atom is 0.418 e. The standard InChI is InChI=1S/C23H22F4N4O4S/c1-3-31(12-11-21(32)33)19-5-4-6-20(29-19)36(34,35)30-18-10-9-17(23(25,26)27)22(28-18)16-13-15(24)8-7-14(16)2/h4-10,13H,3,11-12H2,1-2H3,(H,28,30)(H,32,33). The zero-order valence-corrected chi connectivity index (χ0v) is 20.0. The van der Waals surface area contributed by atoms with Gasteiger partial charge in [-0.3, -0.25) is 9.52 Å². The Morgan fingerprint density at radius 2 is 1.83 bits per heavy atom. The molecule has 0 unspecified atom stereocenters. The molecule has 0 saturated carbocycles. The van der Waals surface area contributed by atoms with E-state index in [0.29, 0.717) is 18.2 Å². The van der Waals surface area contributed by atoms with Gasteiger partial charge < -0.3 is 10.0 Å². The first-order valence-electron chi connectivity index (χ1n) is 10.6. The number of aromatic nitrogens is 2. The van der Waals surface area contributed by atoms with Crippen molar-refractivity contribution in [1.82, 2.24) is 9.97 Å². The Labute approximate surface area is 204 Å². The molecule has 2 aromatic heterocycles. The fraction of sp³-hybridized carbons (Fsp3) is 0.261. The largest absolute Gasteiger partial charge is 0.481 e. The van der Waals surface area contributed by atoms with E-state index in [9.17, 15) is 30.8 Å². The monoisotopic (exact) mass is 526 g/mol. The number of halogens is 4. The van der Waals surface area contributed by atoms with E-state index in [1.807, 2.05) is 0 Å². The van der Waals surface area contributed by atoms with E-state index in [1.54, 1.807) is 11.8 Å². The van der Waals surface area contributed by atoms with Crippen LogP contribution in [-0.4, -0.2) is 42.6 Å². The second kappa shape index (κ2) is 10.5. The van der Waals surface area contributed by atoms with Gasteiger partial charge in [0.2, 0.25) is 0 Å². The number of aryl methyl sites for hydroxylation is 1. The molecule has 8 nitrogen and oxygen atoms in total. The number of hydrogen-bond acceptors (Lipinski definition) is 6. The van der Waals surface area contributed by atoms with Crippen LogP contribution in [0.4, 0.5) is 29.2 Å². The van der Waals surface area contributed by atoms with E-state index >= 15 is 0 Å². The van der Waals surface area contributed by atoms with Gasteiger partial charge in [0, 0.05) is 18.7 Å². The number of pyridine rings is 2. The quantitative estimate of drug-likeness (QED) is 0.388. The van der Waals surface area contributed by atoms with Gasteiger partial charge in [-0.15, -0.1) is 0 Å². The van der Waals surface area contributed by atoms with Crippen LogP contribution in [0.3, 0.4) is 0 Å². The highest BCUT2D eigenvalue weighted by Crippen LogP contribution is 2.38. The molecule has 0 atom stereocenters. The van der Waals surface area contributed by atoms with Crippen molar-refractivity contribution in [1.29, 1.82) is 0 Å². The summed E-state index contributed by atoms with van der Waals surface area (Å²) in [6, 6.07) is 8.89. The highest BCUT2D eigenvalue weighted by Gasteiger charge is 2.35. The molecule has 36 heavy (non-hydrogen) atoms. The molecule has 0 aliphatic heterocycles. The summed E-state index contributed by atoms with van der Waals surface area (Å²) in [5, 5.41) is 8.46. The van der Waals surface area contributed by atoms with Gasteiger partial charge in [0.1, 0.15) is 17.5 Å². The average Bonchev–Trinajstić information content (AvgIpc) is 2.80. The summed E-state index contributed by atoms with van der Waals surface area (Å²) in [6.45, 7) is 3.66. The van der Waals surface area contributed by atoms with Crippen LogP contribution in [0.25, 0.3) is 11.3 Å². The minimum atomic E-state index is -4.83. The molecule has 0 aliphatic rings. The van der Waals surface area contributed by atoms with Crippen molar-refractivity contribution >= 4 is 27.6 Å². The number of carboxylic acids is 1. The Kier molecular flexibility index (Phi) is 7.82. The Morgan fingerprint density at radius 1 is 1.11 bits per heavy atom. The molecule has 0 saturated heterocycles. The summed E-state index contributed by atoms with van der Waals surface area (Å²) < 4.78 is 82.8. The molecule has 0 fully saturated rings. The summed E-state index contributed by atoms with van der Waals surface area (Å²) >= 11 is 0. The maximum absolute atomic E-state index is 13.8. The Morgan fingerprint density at radius 3 is 2.47 bits per heavy atom. The lowest BCUT2D eigenvalue weighted by molar-refractivity contribution is -0.138. The number of anilines is 2. The Balaban J connectivity index is 2.00. The number of aliphatic carboxylic acids is 1. The third-order valence-electron chi connectivity index (χ3n) is 5.18. The third kappa shape index (κ3) is 6.27. The molecule has 0 spiro atoms. The lowest BCUT2D eigenvalue weighted by atomic mass is 10.0. The van der Waals surface area contributed by atoms with Crippen LogP contribution in [0, 0.1) is 12.7 Å². The van der Waals surface area contributed by atoms with Crippen molar-refractivity contribution in [3.8, 4) is 11.3 Å². The summed E-state index contributed by atoms with van der Waals surface area (Å²) in [5.74, 6) is -2.03. The zero-order valence-electron chi connectivity index (χ0n) is 19.2. The molecule has 0 radical (unpaired) electrons. The lowest BCUT2D eigenvalue weighted by Gasteiger charge is -2.21. The van der Waals surface area contributed by atoms with Crippen LogP contribution < -0.4 is 9.62 Å². The summed E-state index contributed by atoms with van der Waals surface area (Å²) in [7, 11) is -4.40. The highest BCUT2D eigenvalue weighted by atomic mass is 32.2. The van der Waals surface area contributed by atoms with Crippen molar-refractivity contribution in [2.24, 2.45) is 0 Å². The van der Waals surface area contributed by atoms with E-state index in [0.717, 1.165) is 18.2 Å². The molecular weight excluding hydrogens is 504 g/mol. The number of sulfonamides is 1. The number of benzene rings is 1. The number of carboxylic acid groups (broad SMARTS) is 1. The first-order valence-corrected chi connectivity index (χ1v) is 12.1. The molecule has 13 heteroatoms. The summed E-state index contributed by atoms with van der Waals surface area (Å²) in [5.41, 5.74) is -1.62. The summed E-state index contributed by atoms with van der Waals surface area (Å²) in [4.78, 5) is 20.4. The molecule has 1 aromatic carbocycles. The smallest absolute Gasteiger partial charge is 0.418 e. The van der Waals surface area contributed by atoms with Crippen molar-refractivity contribution in [3.63, 3.8) is 0 Å². The van der Waals surface area contributed by atoms with Crippen LogP contribution in [0.2, 0.25) is 0 Å². The van der Waals surface area contributed by atoms with Crippen LogP contribution >= 0.6 is 0 Å². The highest BCUT2D eigenvalue weighted by molar-refractivity contribution is 7.92. The van der Waals surface area contributed by atoms with Gasteiger partial charge in [0.15, 0.2) is 5.03 Å².